The second kappa shape index (κ2) is 9.82. The number of nitrogens with one attached hydrogen (secondary N) is 2. The second-order valence-corrected chi connectivity index (χ2v) is 7.63. The van der Waals surface area contributed by atoms with E-state index in [2.05, 4.69) is 31.7 Å². The standard InChI is InChI=1S/C22H20N6O2S/c1-13-5-4-6-18(24-13)12-31-22-27-20(19(11-23)21(28-22)26-15(3)30)16-7-9-17(10-8-16)25-14(2)29/h4-10H,12H2,1-3H3,(H,25,29)(H,26,27,28,30). The van der Waals surface area contributed by atoms with Crippen LogP contribution in [0.4, 0.5) is 11.5 Å². The predicted octanol–water partition coefficient (Wildman–Crippen LogP) is 3.93. The van der Waals surface area contributed by atoms with Crippen LogP contribution in [0.5, 0.6) is 0 Å². The van der Waals surface area contributed by atoms with Gasteiger partial charge in [-0.3, -0.25) is 14.6 Å². The summed E-state index contributed by atoms with van der Waals surface area (Å²) in [7, 11) is 0. The normalized spacial score (nSPS) is 10.3. The van der Waals surface area contributed by atoms with E-state index in [0.29, 0.717) is 27.9 Å². The van der Waals surface area contributed by atoms with E-state index in [9.17, 15) is 14.9 Å². The monoisotopic (exact) mass is 432 g/mol. The number of rotatable bonds is 6. The Morgan fingerprint density at radius 1 is 1.00 bits per heavy atom. The molecule has 0 spiro atoms. The fraction of sp³-hybridized carbons (Fsp3) is 0.182. The molecule has 0 atom stereocenters. The van der Waals surface area contributed by atoms with Crippen molar-refractivity contribution in [2.24, 2.45) is 0 Å². The molecule has 0 aliphatic heterocycles. The van der Waals surface area contributed by atoms with Crippen molar-refractivity contribution >= 4 is 35.1 Å². The molecular weight excluding hydrogens is 412 g/mol. The summed E-state index contributed by atoms with van der Waals surface area (Å²) in [6.45, 7) is 4.71. The van der Waals surface area contributed by atoms with Gasteiger partial charge in [0.1, 0.15) is 11.6 Å². The maximum Gasteiger partial charge on any atom is 0.222 e. The zero-order valence-corrected chi connectivity index (χ0v) is 18.1. The molecule has 31 heavy (non-hydrogen) atoms. The SMILES string of the molecule is CC(=O)Nc1ccc(-c2nc(SCc3cccc(C)n3)nc(NC(C)=O)c2C#N)cc1. The maximum atomic E-state index is 11.7. The number of carbonyl (C=O) groups is 2. The third-order valence-corrected chi connectivity index (χ3v) is 4.95. The van der Waals surface area contributed by atoms with Gasteiger partial charge in [0.25, 0.3) is 0 Å². The molecule has 9 heteroatoms. The number of anilines is 2. The number of aromatic nitrogens is 3. The third kappa shape index (κ3) is 5.87. The fourth-order valence-corrected chi connectivity index (χ4v) is 3.56. The molecule has 0 radical (unpaired) electrons. The largest absolute Gasteiger partial charge is 0.326 e. The molecule has 0 saturated carbocycles. The summed E-state index contributed by atoms with van der Waals surface area (Å²) in [5.41, 5.74) is 3.65. The summed E-state index contributed by atoms with van der Waals surface area (Å²) < 4.78 is 0. The molecule has 2 amide bonds. The Hall–Kier alpha value is -3.77. The molecule has 3 aromatic rings. The minimum Gasteiger partial charge on any atom is -0.326 e. The summed E-state index contributed by atoms with van der Waals surface area (Å²) in [6, 6.07) is 14.8. The molecule has 0 aliphatic rings. The summed E-state index contributed by atoms with van der Waals surface area (Å²) in [4.78, 5) is 36.3. The molecule has 156 valence electrons. The van der Waals surface area contributed by atoms with Gasteiger partial charge in [-0.1, -0.05) is 30.0 Å². The van der Waals surface area contributed by atoms with Crippen LogP contribution in [0.1, 0.15) is 30.8 Å². The van der Waals surface area contributed by atoms with Gasteiger partial charge in [0.05, 0.1) is 11.4 Å². The highest BCUT2D eigenvalue weighted by molar-refractivity contribution is 7.98. The molecular formula is C22H20N6O2S. The number of nitriles is 1. The Bertz CT molecular complexity index is 1170. The van der Waals surface area contributed by atoms with Crippen molar-refractivity contribution in [2.75, 3.05) is 10.6 Å². The maximum absolute atomic E-state index is 11.7. The Morgan fingerprint density at radius 2 is 1.71 bits per heavy atom. The summed E-state index contributed by atoms with van der Waals surface area (Å²) >= 11 is 1.36. The van der Waals surface area contributed by atoms with E-state index in [0.717, 1.165) is 11.4 Å². The van der Waals surface area contributed by atoms with Gasteiger partial charge in [-0.15, -0.1) is 0 Å². The van der Waals surface area contributed by atoms with Gasteiger partial charge in [0.2, 0.25) is 11.8 Å². The van der Waals surface area contributed by atoms with Crippen molar-refractivity contribution in [1.82, 2.24) is 15.0 Å². The number of carbonyl (C=O) groups excluding carboxylic acids is 2. The molecule has 0 fully saturated rings. The molecule has 3 rings (SSSR count). The Labute approximate surface area is 184 Å². The van der Waals surface area contributed by atoms with E-state index in [4.69, 9.17) is 0 Å². The van der Waals surface area contributed by atoms with E-state index >= 15 is 0 Å². The second-order valence-electron chi connectivity index (χ2n) is 6.69. The van der Waals surface area contributed by atoms with E-state index in [1.807, 2.05) is 25.1 Å². The van der Waals surface area contributed by atoms with Crippen LogP contribution in [0, 0.1) is 18.3 Å². The number of benzene rings is 1. The van der Waals surface area contributed by atoms with Gasteiger partial charge < -0.3 is 10.6 Å². The molecule has 0 saturated heterocycles. The number of aryl methyl sites for hydroxylation is 1. The minimum absolute atomic E-state index is 0.158. The smallest absolute Gasteiger partial charge is 0.222 e. The lowest BCUT2D eigenvalue weighted by molar-refractivity contribution is -0.115. The lowest BCUT2D eigenvalue weighted by Gasteiger charge is -2.12. The van der Waals surface area contributed by atoms with Crippen LogP contribution in [-0.2, 0) is 15.3 Å². The lowest BCUT2D eigenvalue weighted by Crippen LogP contribution is -2.11. The van der Waals surface area contributed by atoms with Gasteiger partial charge in [0, 0.05) is 36.5 Å². The van der Waals surface area contributed by atoms with Crippen LogP contribution in [0.25, 0.3) is 11.3 Å². The molecule has 2 N–H and O–H groups in total. The summed E-state index contributed by atoms with van der Waals surface area (Å²) in [5, 5.41) is 15.5. The zero-order chi connectivity index (χ0) is 22.4. The highest BCUT2D eigenvalue weighted by Gasteiger charge is 2.17. The first-order valence-electron chi connectivity index (χ1n) is 9.39. The average molecular weight is 433 g/mol. The Balaban J connectivity index is 1.99. The van der Waals surface area contributed by atoms with Crippen molar-refractivity contribution in [3.05, 3.63) is 59.4 Å². The summed E-state index contributed by atoms with van der Waals surface area (Å²) in [6.07, 6.45) is 0. The minimum atomic E-state index is -0.335. The van der Waals surface area contributed by atoms with Gasteiger partial charge >= 0.3 is 0 Å². The fourth-order valence-electron chi connectivity index (χ4n) is 2.81. The van der Waals surface area contributed by atoms with Crippen molar-refractivity contribution in [1.29, 1.82) is 5.26 Å². The van der Waals surface area contributed by atoms with Crippen molar-refractivity contribution in [2.45, 2.75) is 31.7 Å². The number of hydrogen-bond donors (Lipinski definition) is 2. The van der Waals surface area contributed by atoms with Crippen molar-refractivity contribution in [3.63, 3.8) is 0 Å². The van der Waals surface area contributed by atoms with Crippen LogP contribution >= 0.6 is 11.8 Å². The van der Waals surface area contributed by atoms with Gasteiger partial charge in [-0.05, 0) is 31.2 Å². The highest BCUT2D eigenvalue weighted by atomic mass is 32.2. The van der Waals surface area contributed by atoms with Crippen LogP contribution in [0.15, 0.2) is 47.6 Å². The topological polar surface area (TPSA) is 121 Å². The van der Waals surface area contributed by atoms with Crippen LogP contribution in [0.2, 0.25) is 0 Å². The molecule has 2 aromatic heterocycles. The number of pyridine rings is 1. The third-order valence-electron chi connectivity index (χ3n) is 4.07. The quantitative estimate of drug-likeness (QED) is 0.447. The molecule has 0 aliphatic carbocycles. The molecule has 0 bridgehead atoms. The Morgan fingerprint density at radius 3 is 2.32 bits per heavy atom. The average Bonchev–Trinajstić information content (AvgIpc) is 2.72. The molecule has 8 nitrogen and oxygen atoms in total. The first-order chi connectivity index (χ1) is 14.9. The van der Waals surface area contributed by atoms with E-state index in [1.165, 1.54) is 25.6 Å². The number of amides is 2. The molecule has 0 unspecified atom stereocenters. The van der Waals surface area contributed by atoms with Gasteiger partial charge in [-0.2, -0.15) is 5.26 Å². The van der Waals surface area contributed by atoms with E-state index < -0.39 is 0 Å². The van der Waals surface area contributed by atoms with Gasteiger partial charge in [-0.25, -0.2) is 9.97 Å². The molecule has 1 aromatic carbocycles. The number of nitrogens with zero attached hydrogens (tertiary/aromatic N) is 4. The van der Waals surface area contributed by atoms with Crippen LogP contribution < -0.4 is 10.6 Å². The van der Waals surface area contributed by atoms with E-state index in [-0.39, 0.29) is 23.2 Å². The molecule has 2 heterocycles. The lowest BCUT2D eigenvalue weighted by atomic mass is 10.1. The first-order valence-corrected chi connectivity index (χ1v) is 10.4. The van der Waals surface area contributed by atoms with Crippen molar-refractivity contribution < 1.29 is 9.59 Å². The number of thioether (sulfide) groups is 1. The van der Waals surface area contributed by atoms with Crippen LogP contribution in [0.3, 0.4) is 0 Å². The van der Waals surface area contributed by atoms with E-state index in [1.54, 1.807) is 24.3 Å². The van der Waals surface area contributed by atoms with Crippen molar-refractivity contribution in [3.8, 4) is 17.3 Å². The first kappa shape index (κ1) is 21.9. The number of hydrogen-bond acceptors (Lipinski definition) is 7. The highest BCUT2D eigenvalue weighted by Crippen LogP contribution is 2.30. The Kier molecular flexibility index (Phi) is 6.95. The van der Waals surface area contributed by atoms with Crippen LogP contribution in [-0.4, -0.2) is 26.8 Å². The zero-order valence-electron chi connectivity index (χ0n) is 17.3. The van der Waals surface area contributed by atoms with Gasteiger partial charge in [0.15, 0.2) is 11.0 Å². The predicted molar refractivity (Wildman–Crippen MR) is 119 cm³/mol. The summed E-state index contributed by atoms with van der Waals surface area (Å²) in [5.74, 6) is 0.182.